The second-order valence-corrected chi connectivity index (χ2v) is 4.73. The van der Waals surface area contributed by atoms with Gasteiger partial charge < -0.3 is 5.32 Å². The molecule has 0 aromatic carbocycles. The third-order valence-corrected chi connectivity index (χ3v) is 3.04. The Bertz CT molecular complexity index is 501. The Kier molecular flexibility index (Phi) is 1.55. The molecule has 5 nitrogen and oxygen atoms in total. The van der Waals surface area contributed by atoms with Crippen LogP contribution in [0.15, 0.2) is 18.7 Å². The van der Waals surface area contributed by atoms with Crippen LogP contribution in [0.2, 0.25) is 0 Å². The molecule has 1 atom stereocenters. The summed E-state index contributed by atoms with van der Waals surface area (Å²) < 4.78 is 1.87. The van der Waals surface area contributed by atoms with Crippen molar-refractivity contribution >= 4 is 11.5 Å². The molecule has 0 radical (unpaired) electrons. The average Bonchev–Trinajstić information content (AvgIpc) is 2.66. The molecular formula is C10H13N5. The lowest BCUT2D eigenvalue weighted by molar-refractivity contribution is 0.630. The molecule has 2 heterocycles. The first-order valence-corrected chi connectivity index (χ1v) is 5.08. The molecule has 1 N–H and O–H groups in total. The SMILES string of the molecule is CC1(C)CC1Nc1nccn2cnnc12. The molecule has 3 rings (SSSR count). The predicted octanol–water partition coefficient (Wildman–Crippen LogP) is 1.33. The largest absolute Gasteiger partial charge is 0.364 e. The standard InChI is InChI=1S/C10H13N5/c1-10(2)5-7(10)13-8-9-14-12-6-15(9)4-3-11-8/h3-4,6-7H,5H2,1-2H3,(H,11,13). The van der Waals surface area contributed by atoms with Crippen molar-refractivity contribution in [1.82, 2.24) is 19.6 Å². The van der Waals surface area contributed by atoms with E-state index in [1.54, 1.807) is 12.5 Å². The van der Waals surface area contributed by atoms with Crippen molar-refractivity contribution in [2.75, 3.05) is 5.32 Å². The van der Waals surface area contributed by atoms with Crippen LogP contribution < -0.4 is 5.32 Å². The van der Waals surface area contributed by atoms with Gasteiger partial charge in [0, 0.05) is 18.4 Å². The lowest BCUT2D eigenvalue weighted by Gasteiger charge is -2.07. The van der Waals surface area contributed by atoms with Crippen LogP contribution in [-0.4, -0.2) is 25.6 Å². The molecule has 0 amide bonds. The van der Waals surface area contributed by atoms with Crippen molar-refractivity contribution in [2.45, 2.75) is 26.3 Å². The van der Waals surface area contributed by atoms with Crippen LogP contribution in [0.3, 0.4) is 0 Å². The number of fused-ring (bicyclic) bond motifs is 1. The smallest absolute Gasteiger partial charge is 0.203 e. The number of hydrogen-bond acceptors (Lipinski definition) is 4. The fraction of sp³-hybridized carbons (Fsp3) is 0.500. The van der Waals surface area contributed by atoms with Crippen LogP contribution in [-0.2, 0) is 0 Å². The molecule has 2 aromatic heterocycles. The fourth-order valence-electron chi connectivity index (χ4n) is 1.74. The van der Waals surface area contributed by atoms with Crippen molar-refractivity contribution in [3.63, 3.8) is 0 Å². The molecule has 1 unspecified atom stereocenters. The number of nitrogens with one attached hydrogen (secondary N) is 1. The van der Waals surface area contributed by atoms with Gasteiger partial charge in [0.2, 0.25) is 5.65 Å². The zero-order valence-corrected chi connectivity index (χ0v) is 8.81. The summed E-state index contributed by atoms with van der Waals surface area (Å²) in [5.74, 6) is 0.825. The van der Waals surface area contributed by atoms with E-state index in [-0.39, 0.29) is 0 Å². The molecule has 15 heavy (non-hydrogen) atoms. The van der Waals surface area contributed by atoms with E-state index in [0.717, 1.165) is 11.5 Å². The summed E-state index contributed by atoms with van der Waals surface area (Å²) in [5.41, 5.74) is 1.18. The molecular weight excluding hydrogens is 190 g/mol. The second kappa shape index (κ2) is 2.68. The first kappa shape index (κ1) is 8.64. The highest BCUT2D eigenvalue weighted by Crippen LogP contribution is 2.46. The highest BCUT2D eigenvalue weighted by atomic mass is 15.3. The summed E-state index contributed by atoms with van der Waals surface area (Å²) in [4.78, 5) is 4.29. The van der Waals surface area contributed by atoms with Gasteiger partial charge in [0.05, 0.1) is 0 Å². The zero-order valence-electron chi connectivity index (χ0n) is 8.81. The van der Waals surface area contributed by atoms with E-state index in [2.05, 4.69) is 34.3 Å². The van der Waals surface area contributed by atoms with Gasteiger partial charge in [-0.3, -0.25) is 4.40 Å². The molecule has 1 fully saturated rings. The maximum atomic E-state index is 4.29. The maximum absolute atomic E-state index is 4.29. The van der Waals surface area contributed by atoms with Crippen molar-refractivity contribution in [3.8, 4) is 0 Å². The Morgan fingerprint density at radius 3 is 3.07 bits per heavy atom. The Morgan fingerprint density at radius 1 is 1.53 bits per heavy atom. The van der Waals surface area contributed by atoms with E-state index in [0.29, 0.717) is 11.5 Å². The van der Waals surface area contributed by atoms with Gasteiger partial charge in [0.15, 0.2) is 5.82 Å². The van der Waals surface area contributed by atoms with Crippen molar-refractivity contribution in [3.05, 3.63) is 18.7 Å². The molecule has 5 heteroatoms. The van der Waals surface area contributed by atoms with Gasteiger partial charge in [-0.2, -0.15) is 0 Å². The Morgan fingerprint density at radius 2 is 2.33 bits per heavy atom. The first-order chi connectivity index (χ1) is 7.17. The van der Waals surface area contributed by atoms with Crippen LogP contribution in [0.1, 0.15) is 20.3 Å². The molecule has 78 valence electrons. The van der Waals surface area contributed by atoms with Gasteiger partial charge in [0.1, 0.15) is 6.33 Å². The minimum atomic E-state index is 0.383. The molecule has 0 spiro atoms. The normalized spacial score (nSPS) is 22.9. The van der Waals surface area contributed by atoms with E-state index >= 15 is 0 Å². The topological polar surface area (TPSA) is 55.1 Å². The molecule has 2 aromatic rings. The summed E-state index contributed by atoms with van der Waals surface area (Å²) >= 11 is 0. The predicted molar refractivity (Wildman–Crippen MR) is 56.6 cm³/mol. The third-order valence-electron chi connectivity index (χ3n) is 3.04. The van der Waals surface area contributed by atoms with E-state index in [1.165, 1.54) is 6.42 Å². The fourth-order valence-corrected chi connectivity index (χ4v) is 1.74. The summed E-state index contributed by atoms with van der Waals surface area (Å²) in [7, 11) is 0. The van der Waals surface area contributed by atoms with Crippen LogP contribution in [0.25, 0.3) is 5.65 Å². The van der Waals surface area contributed by atoms with Gasteiger partial charge in [-0.15, -0.1) is 10.2 Å². The number of aromatic nitrogens is 4. The van der Waals surface area contributed by atoms with Gasteiger partial charge in [-0.1, -0.05) is 13.8 Å². The Labute approximate surface area is 87.5 Å². The lowest BCUT2D eigenvalue weighted by atomic mass is 10.2. The van der Waals surface area contributed by atoms with E-state index in [9.17, 15) is 0 Å². The van der Waals surface area contributed by atoms with Gasteiger partial charge >= 0.3 is 0 Å². The Hall–Kier alpha value is -1.65. The van der Waals surface area contributed by atoms with Crippen LogP contribution in [0.5, 0.6) is 0 Å². The molecule has 0 aliphatic heterocycles. The molecule has 0 bridgehead atoms. The van der Waals surface area contributed by atoms with E-state index in [1.807, 2.05) is 10.6 Å². The minimum Gasteiger partial charge on any atom is -0.364 e. The quantitative estimate of drug-likeness (QED) is 0.800. The van der Waals surface area contributed by atoms with Crippen molar-refractivity contribution in [1.29, 1.82) is 0 Å². The highest BCUT2D eigenvalue weighted by molar-refractivity contribution is 5.62. The number of nitrogens with zero attached hydrogens (tertiary/aromatic N) is 4. The first-order valence-electron chi connectivity index (χ1n) is 5.08. The summed E-state index contributed by atoms with van der Waals surface area (Å²) in [6, 6.07) is 0.507. The molecule has 0 saturated heterocycles. The zero-order chi connectivity index (χ0) is 10.5. The summed E-state index contributed by atoms with van der Waals surface area (Å²) in [5, 5.41) is 11.3. The maximum Gasteiger partial charge on any atom is 0.203 e. The van der Waals surface area contributed by atoms with Crippen molar-refractivity contribution in [2.24, 2.45) is 5.41 Å². The van der Waals surface area contributed by atoms with Crippen molar-refractivity contribution < 1.29 is 0 Å². The van der Waals surface area contributed by atoms with Crippen LogP contribution in [0, 0.1) is 5.41 Å². The summed E-state index contributed by atoms with van der Waals surface area (Å²) in [6.45, 7) is 4.49. The van der Waals surface area contributed by atoms with E-state index < -0.39 is 0 Å². The number of anilines is 1. The molecule has 1 aliphatic rings. The number of hydrogen-bond donors (Lipinski definition) is 1. The van der Waals surface area contributed by atoms with E-state index in [4.69, 9.17) is 0 Å². The third kappa shape index (κ3) is 1.35. The van der Waals surface area contributed by atoms with Crippen LogP contribution >= 0.6 is 0 Å². The highest BCUT2D eigenvalue weighted by Gasteiger charge is 2.46. The minimum absolute atomic E-state index is 0.383. The number of rotatable bonds is 2. The lowest BCUT2D eigenvalue weighted by Crippen LogP contribution is -2.10. The van der Waals surface area contributed by atoms with Gasteiger partial charge in [-0.25, -0.2) is 4.98 Å². The molecule has 1 aliphatic carbocycles. The van der Waals surface area contributed by atoms with Gasteiger partial charge in [0.25, 0.3) is 0 Å². The average molecular weight is 203 g/mol. The second-order valence-electron chi connectivity index (χ2n) is 4.73. The summed E-state index contributed by atoms with van der Waals surface area (Å²) in [6.07, 6.45) is 6.47. The van der Waals surface area contributed by atoms with Crippen LogP contribution in [0.4, 0.5) is 5.82 Å². The Balaban J connectivity index is 1.94. The monoisotopic (exact) mass is 203 g/mol. The van der Waals surface area contributed by atoms with Gasteiger partial charge in [-0.05, 0) is 11.8 Å². The molecule has 1 saturated carbocycles.